The lowest BCUT2D eigenvalue weighted by Gasteiger charge is -2.25. The van der Waals surface area contributed by atoms with Gasteiger partial charge in [-0.3, -0.25) is 62.9 Å². The number of nitrogens with two attached hydrogens (primary N) is 2. The summed E-state index contributed by atoms with van der Waals surface area (Å²) < 4.78 is 172. The molecule has 0 fully saturated rings. The molecule has 0 heterocycles. The molecule has 4 rings (SSSR count). The van der Waals surface area contributed by atoms with Crippen LogP contribution in [0.3, 0.4) is 0 Å². The zero-order valence-electron chi connectivity index (χ0n) is 75.8. The molecule has 4 unspecified atom stereocenters. The van der Waals surface area contributed by atoms with E-state index in [2.05, 4.69) is 49.3 Å². The van der Waals surface area contributed by atoms with E-state index in [0.29, 0.717) is 50.3 Å². The number of esters is 4. The summed E-state index contributed by atoms with van der Waals surface area (Å²) in [6.45, 7) is 32.3. The molecule has 0 saturated heterocycles. The molecule has 732 valence electrons. The zero-order chi connectivity index (χ0) is 98.7. The molecular formula is C90H132ClF12N7O19. The summed E-state index contributed by atoms with van der Waals surface area (Å²) in [7, 11) is 0. The van der Waals surface area contributed by atoms with Gasteiger partial charge in [0.25, 0.3) is 0 Å². The molecule has 0 aromatic heterocycles. The van der Waals surface area contributed by atoms with Gasteiger partial charge in [0.05, 0.1) is 37.2 Å². The Morgan fingerprint density at radius 2 is 0.713 bits per heavy atom. The van der Waals surface area contributed by atoms with Crippen molar-refractivity contribution >= 4 is 95.1 Å². The van der Waals surface area contributed by atoms with Gasteiger partial charge in [0.15, 0.2) is 23.4 Å². The molecule has 26 nitrogen and oxygen atoms in total. The second-order valence-corrected chi connectivity index (χ2v) is 32.8. The van der Waals surface area contributed by atoms with E-state index in [1.165, 1.54) is 67.6 Å². The Balaban J connectivity index is -0.000000485. The third kappa shape index (κ3) is 65.8. The molecule has 10 N–H and O–H groups in total. The lowest BCUT2D eigenvalue weighted by atomic mass is 9.95. The van der Waals surface area contributed by atoms with Crippen LogP contribution in [0.4, 0.5) is 57.5 Å². The molecule has 8 atom stereocenters. The maximum absolute atomic E-state index is 13.5. The molecule has 129 heavy (non-hydrogen) atoms. The predicted octanol–water partition coefficient (Wildman–Crippen LogP) is 15.7. The van der Waals surface area contributed by atoms with Gasteiger partial charge in [-0.25, -0.2) is 9.59 Å². The van der Waals surface area contributed by atoms with Gasteiger partial charge in [0, 0.05) is 53.0 Å². The van der Waals surface area contributed by atoms with Crippen molar-refractivity contribution in [2.75, 3.05) is 13.2 Å². The number of rotatable bonds is 36. The Hall–Kier alpha value is -10.4. The van der Waals surface area contributed by atoms with Crippen LogP contribution >= 0.6 is 12.4 Å². The van der Waals surface area contributed by atoms with E-state index in [1.807, 2.05) is 71.9 Å². The van der Waals surface area contributed by atoms with Crippen molar-refractivity contribution in [3.05, 3.63) is 144 Å². The minimum absolute atomic E-state index is 0. The lowest BCUT2D eigenvalue weighted by Crippen LogP contribution is -2.54. The molecule has 0 bridgehead atoms. The number of benzene rings is 4. The first-order valence-corrected chi connectivity index (χ1v) is 40.7. The summed E-state index contributed by atoms with van der Waals surface area (Å²) in [4.78, 5) is 159. The molecule has 4 aromatic rings. The SMILES string of the molecule is C.CC(=O)CC(C(=O)N[C@@H](Cc1ccccc1)C(=O)CCC(C)C)C(F)(F)F.CC(=O)OC(C)=O.CC(C)(C)OC(=O)NC(C(=O)O)C(F)(F)F.CC(C)CCC(=O)[C@H](Cc1ccccc1)NC(=O)C(CC(=O)OC(C)(C)C)C(F)(F)F.CC(C)CCC(=O)[C@H](Cc1ccccc1)NC(=O)C(N)C(F)(F)F.CC(C)CNC(=O)[C@@H](N)Cc1ccccc1.CCOC(C)=O.Cl. The summed E-state index contributed by atoms with van der Waals surface area (Å²) in [6.07, 6.45) is -20.1. The van der Waals surface area contributed by atoms with E-state index >= 15 is 0 Å². The number of Topliss-reactive ketones (excluding diaryl/α,β-unsaturated/α-hetero) is 4. The minimum atomic E-state index is -5.07. The van der Waals surface area contributed by atoms with E-state index in [9.17, 15) is 120 Å². The Kier molecular flexibility index (Phi) is 62.7. The highest BCUT2D eigenvalue weighted by molar-refractivity contribution is 5.94. The van der Waals surface area contributed by atoms with Gasteiger partial charge < -0.3 is 56.8 Å². The van der Waals surface area contributed by atoms with Crippen molar-refractivity contribution in [1.29, 1.82) is 0 Å². The zero-order valence-corrected chi connectivity index (χ0v) is 76.6. The summed E-state index contributed by atoms with van der Waals surface area (Å²) in [5, 5.41) is 19.0. The molecule has 5 amide bonds. The normalized spacial score (nSPS) is 13.0. The molecule has 0 aliphatic rings. The number of ether oxygens (including phenoxy) is 4. The Bertz CT molecular complexity index is 3990. The van der Waals surface area contributed by atoms with Crippen LogP contribution in [-0.4, -0.2) is 173 Å². The van der Waals surface area contributed by atoms with Gasteiger partial charge >= 0.3 is 60.6 Å². The molecule has 0 radical (unpaired) electrons. The Morgan fingerprint density at radius 1 is 0.403 bits per heavy atom. The number of nitrogens with one attached hydrogen (secondary N) is 5. The smallest absolute Gasteiger partial charge is 0.419 e. The van der Waals surface area contributed by atoms with E-state index in [0.717, 1.165) is 23.6 Å². The van der Waals surface area contributed by atoms with Crippen molar-refractivity contribution < 1.29 is 144 Å². The van der Waals surface area contributed by atoms with Gasteiger partial charge in [-0.2, -0.15) is 52.7 Å². The largest absolute Gasteiger partial charge is 0.479 e. The molecule has 39 heteroatoms. The summed E-state index contributed by atoms with van der Waals surface area (Å²) >= 11 is 0. The monoisotopic (exact) mass is 1880 g/mol. The van der Waals surface area contributed by atoms with Crippen LogP contribution in [0.5, 0.6) is 0 Å². The van der Waals surface area contributed by atoms with Crippen LogP contribution < -0.4 is 38.1 Å². The minimum Gasteiger partial charge on any atom is -0.479 e. The predicted molar refractivity (Wildman–Crippen MR) is 464 cm³/mol. The number of carbonyl (C=O) groups excluding carboxylic acids is 13. The van der Waals surface area contributed by atoms with Crippen molar-refractivity contribution in [3.63, 3.8) is 0 Å². The first-order valence-electron chi connectivity index (χ1n) is 40.7. The number of carbonyl (C=O) groups is 14. The maximum atomic E-state index is 13.5. The van der Waals surface area contributed by atoms with Gasteiger partial charge in [-0.1, -0.05) is 184 Å². The van der Waals surface area contributed by atoms with Gasteiger partial charge in [0.2, 0.25) is 29.7 Å². The molecular weight excluding hydrogens is 1750 g/mol. The maximum Gasteiger partial charge on any atom is 0.419 e. The number of halogens is 13. The number of hydrogen-bond donors (Lipinski definition) is 8. The third-order valence-electron chi connectivity index (χ3n) is 16.4. The Labute approximate surface area is 754 Å². The fourth-order valence-electron chi connectivity index (χ4n) is 10.1. The topological polar surface area (TPSA) is 408 Å². The van der Waals surface area contributed by atoms with E-state index < -0.39 is 150 Å². The molecule has 0 aliphatic carbocycles. The second kappa shape index (κ2) is 63.6. The van der Waals surface area contributed by atoms with E-state index in [-0.39, 0.29) is 105 Å². The van der Waals surface area contributed by atoms with Crippen molar-refractivity contribution in [1.82, 2.24) is 26.6 Å². The lowest BCUT2D eigenvalue weighted by molar-refractivity contribution is -0.193. The molecule has 0 spiro atoms. The Morgan fingerprint density at radius 3 is 0.946 bits per heavy atom. The van der Waals surface area contributed by atoms with Crippen molar-refractivity contribution in [2.45, 2.75) is 288 Å². The highest BCUT2D eigenvalue weighted by atomic mass is 35.5. The van der Waals surface area contributed by atoms with Crippen LogP contribution in [-0.2, 0) is 107 Å². The number of alkyl carbamates (subject to hydrolysis) is 1. The average Bonchev–Trinajstić information content (AvgIpc) is 0.862. The number of carboxylic acid groups (broad SMARTS) is 1. The summed E-state index contributed by atoms with van der Waals surface area (Å²) in [6, 6.07) is 26.9. The fourth-order valence-corrected chi connectivity index (χ4v) is 10.1. The van der Waals surface area contributed by atoms with E-state index in [4.69, 9.17) is 21.3 Å². The quantitative estimate of drug-likeness (QED) is 0.00907. The molecule has 0 aliphatic heterocycles. The number of ketones is 4. The molecule has 0 saturated carbocycles. The summed E-state index contributed by atoms with van der Waals surface area (Å²) in [5.74, 6) is -14.4. The second-order valence-electron chi connectivity index (χ2n) is 32.8. The summed E-state index contributed by atoms with van der Waals surface area (Å²) in [5.41, 5.74) is 12.0. The highest BCUT2D eigenvalue weighted by Crippen LogP contribution is 2.32. The number of carboxylic acids is 1. The third-order valence-corrected chi connectivity index (χ3v) is 16.4. The number of alkyl halides is 12. The highest BCUT2D eigenvalue weighted by Gasteiger charge is 2.50. The van der Waals surface area contributed by atoms with Crippen LogP contribution in [0, 0.1) is 35.5 Å². The van der Waals surface area contributed by atoms with E-state index in [1.54, 1.807) is 97.9 Å². The first-order chi connectivity index (χ1) is 58.2. The first kappa shape index (κ1) is 127. The number of aliphatic carboxylic acids is 1. The van der Waals surface area contributed by atoms with Crippen LogP contribution in [0.1, 0.15) is 213 Å². The molecule has 4 aromatic carbocycles. The van der Waals surface area contributed by atoms with Crippen molar-refractivity contribution in [3.8, 4) is 0 Å². The van der Waals surface area contributed by atoms with Gasteiger partial charge in [-0.05, 0) is 146 Å². The number of hydrogen-bond acceptors (Lipinski definition) is 20. The van der Waals surface area contributed by atoms with Crippen molar-refractivity contribution in [2.24, 2.45) is 47.0 Å². The average molecular weight is 1880 g/mol. The van der Waals surface area contributed by atoms with Gasteiger partial charge in [-0.15, -0.1) is 12.4 Å². The number of amides is 5. The van der Waals surface area contributed by atoms with Crippen LogP contribution in [0.2, 0.25) is 0 Å². The van der Waals surface area contributed by atoms with Gasteiger partial charge in [0.1, 0.15) is 28.8 Å². The fraction of sp³-hybridized carbons (Fsp3) is 0.578. The van der Waals surface area contributed by atoms with Crippen LogP contribution in [0.15, 0.2) is 121 Å². The standard InChI is InChI=1S/C23H32F3NO4.C20H26F3NO3.C17H23F3N2O2.C13H20N2O.C8H12F3NO4.C4H6O3.C4H8O2.CH4.ClH/c1-15(2)11-12-19(28)18(13-16-9-7-6-8-10-16)27-21(30)17(23(24,25)26)14-20(29)31-22(3,4)5;1-13(2)9-10-18(26)17(12-15-7-5-4-6-8-15)24-19(27)16(11-14(3)25)20(21,22)23;1-11(2)8-9-14(23)13(10-12-6-4-3-5-7-12)22-16(24)15(21)17(18,19)20;1-10(2)9-15-13(16)12(14)8-11-6-4-3-5-7-11;1-7(2,3)16-6(15)12-4(5(13)14)8(9,10)11;1-3(5)7-4(2)6;1-3-6-4(2)5;;/h6-10,15,17-18H,11-14H2,1-5H3,(H,27,30);4-8,13,16-17H,9-12H2,1-3H3,(H,24,27);3-7,11,13,15H,8-10,21H2,1-2H3,(H,22,24);3-7,10,12H,8-9,14H2,1-2H3,(H,15,16);4H,1-3H3,(H,12,15)(H,13,14);1-2H3;3H2,1-2H3;1H4;1H/t17?,18-;16?,17-;13-,15?;12-;;;;;/m0000...../s1. The van der Waals surface area contributed by atoms with Crippen LogP contribution in [0.25, 0.3) is 0 Å².